The van der Waals surface area contributed by atoms with E-state index in [1.165, 1.54) is 11.1 Å². The molecule has 1 aliphatic heterocycles. The van der Waals surface area contributed by atoms with Gasteiger partial charge in [-0.1, -0.05) is 24.6 Å². The molecule has 0 spiro atoms. The molecule has 1 saturated heterocycles. The monoisotopic (exact) mass is 559 g/mol. The van der Waals surface area contributed by atoms with Gasteiger partial charge in [-0.05, 0) is 69.7 Å². The van der Waals surface area contributed by atoms with Gasteiger partial charge in [0.1, 0.15) is 16.7 Å². The van der Waals surface area contributed by atoms with Gasteiger partial charge in [0.15, 0.2) is 0 Å². The lowest BCUT2D eigenvalue weighted by molar-refractivity contribution is 0.630. The Balaban J connectivity index is 1.74. The van der Waals surface area contributed by atoms with Crippen LogP contribution in [0.2, 0.25) is 0 Å². The topological polar surface area (TPSA) is 79.2 Å². The second-order valence-electron chi connectivity index (χ2n) is 10.3. The number of anilines is 3. The summed E-state index contributed by atoms with van der Waals surface area (Å²) in [5, 5.41) is 4.71. The molecular formula is C31H41N7OS. The molecule has 9 heteroatoms. The number of hydrogen-bond acceptors (Lipinski definition) is 8. The average molecular weight is 560 g/mol. The highest BCUT2D eigenvalue weighted by Gasteiger charge is 2.20. The van der Waals surface area contributed by atoms with Crippen molar-refractivity contribution in [2.75, 3.05) is 47.6 Å². The summed E-state index contributed by atoms with van der Waals surface area (Å²) in [5.74, 6) is 1.69. The fourth-order valence-corrected chi connectivity index (χ4v) is 5.60. The Kier molecular flexibility index (Phi) is 9.68. The first-order valence-electron chi connectivity index (χ1n) is 13.9. The standard InChI is InChI=1S/C31H41N7OS/c1-8-25-18-29(38-15-13-37(14-16-38)26-19-32-24(5)33-20-26)36(6)30(39)12-9-21(2)17-27(25)23(4)35-28-11-10-22(3)34-31(28)40-7/h9-12,17-20,23,35H,8,13-16H2,1-7H3/t23-/m1/s1. The molecule has 40 heavy (non-hydrogen) atoms. The summed E-state index contributed by atoms with van der Waals surface area (Å²) < 4.78 is 1.78. The zero-order valence-corrected chi connectivity index (χ0v) is 25.5. The van der Waals surface area contributed by atoms with Gasteiger partial charge in [-0.3, -0.25) is 9.36 Å². The van der Waals surface area contributed by atoms with Crippen LogP contribution in [0, 0.1) is 20.8 Å². The summed E-state index contributed by atoms with van der Waals surface area (Å²) in [6.07, 6.45) is 6.67. The van der Waals surface area contributed by atoms with E-state index in [1.54, 1.807) is 22.4 Å². The van der Waals surface area contributed by atoms with Crippen LogP contribution in [0.15, 0.2) is 58.6 Å². The van der Waals surface area contributed by atoms with Crippen molar-refractivity contribution >= 4 is 29.0 Å². The number of aryl methyl sites for hydroxylation is 4. The molecule has 0 saturated carbocycles. The van der Waals surface area contributed by atoms with E-state index in [1.807, 2.05) is 52.3 Å². The first kappa shape index (κ1) is 29.4. The van der Waals surface area contributed by atoms with Crippen molar-refractivity contribution in [2.45, 2.75) is 52.1 Å². The van der Waals surface area contributed by atoms with Crippen LogP contribution >= 0.6 is 11.8 Å². The van der Waals surface area contributed by atoms with Crippen molar-refractivity contribution in [2.24, 2.45) is 7.05 Å². The lowest BCUT2D eigenvalue weighted by Crippen LogP contribution is -2.47. The van der Waals surface area contributed by atoms with E-state index < -0.39 is 0 Å². The fourth-order valence-electron chi connectivity index (χ4n) is 5.01. The minimum absolute atomic E-state index is 0.0324. The molecule has 1 N–H and O–H groups in total. The first-order valence-corrected chi connectivity index (χ1v) is 15.1. The Bertz CT molecular complexity index is 1450. The van der Waals surface area contributed by atoms with Crippen LogP contribution in [-0.4, -0.2) is 52.0 Å². The summed E-state index contributed by atoms with van der Waals surface area (Å²) in [5.41, 5.74) is 6.47. The molecular weight excluding hydrogens is 518 g/mol. The van der Waals surface area contributed by atoms with E-state index in [9.17, 15) is 4.79 Å². The van der Waals surface area contributed by atoms with Crippen molar-refractivity contribution in [1.82, 2.24) is 19.5 Å². The summed E-state index contributed by atoms with van der Waals surface area (Å²) in [6, 6.07) is 12.2. The molecule has 4 heterocycles. The molecule has 8 nitrogen and oxygen atoms in total. The van der Waals surface area contributed by atoms with Crippen LogP contribution in [0.4, 0.5) is 17.2 Å². The Morgan fingerprint density at radius 3 is 2.30 bits per heavy atom. The third-order valence-corrected chi connectivity index (χ3v) is 8.07. The van der Waals surface area contributed by atoms with E-state index in [0.717, 1.165) is 71.9 Å². The summed E-state index contributed by atoms with van der Waals surface area (Å²) in [6.45, 7) is 13.6. The Hall–Kier alpha value is -3.59. The summed E-state index contributed by atoms with van der Waals surface area (Å²) >= 11 is 1.65. The number of hydrogen-bond donors (Lipinski definition) is 1. The number of rotatable bonds is 7. The maximum absolute atomic E-state index is 13.2. The molecule has 0 aliphatic carbocycles. The molecule has 0 bridgehead atoms. The molecule has 0 unspecified atom stereocenters. The fraction of sp³-hybridized carbons (Fsp3) is 0.419. The predicted octanol–water partition coefficient (Wildman–Crippen LogP) is 5.40. The van der Waals surface area contributed by atoms with E-state index in [-0.39, 0.29) is 11.6 Å². The number of nitrogens with one attached hydrogen (secondary N) is 1. The van der Waals surface area contributed by atoms with Crippen molar-refractivity contribution in [3.63, 3.8) is 0 Å². The summed E-state index contributed by atoms with van der Waals surface area (Å²) in [7, 11) is 1.87. The Morgan fingerprint density at radius 1 is 0.975 bits per heavy atom. The lowest BCUT2D eigenvalue weighted by atomic mass is 9.99. The lowest BCUT2D eigenvalue weighted by Gasteiger charge is -2.37. The van der Waals surface area contributed by atoms with Gasteiger partial charge in [0.2, 0.25) is 0 Å². The molecule has 0 amide bonds. The van der Waals surface area contributed by atoms with Crippen LogP contribution in [0.5, 0.6) is 0 Å². The van der Waals surface area contributed by atoms with Gasteiger partial charge in [-0.25, -0.2) is 15.0 Å². The maximum Gasteiger partial charge on any atom is 0.251 e. The maximum atomic E-state index is 13.2. The highest BCUT2D eigenvalue weighted by molar-refractivity contribution is 7.98. The second kappa shape index (κ2) is 13.2. The molecule has 1 atom stereocenters. The van der Waals surface area contributed by atoms with E-state index in [4.69, 9.17) is 4.98 Å². The first-order chi connectivity index (χ1) is 19.2. The van der Waals surface area contributed by atoms with E-state index in [2.05, 4.69) is 63.4 Å². The summed E-state index contributed by atoms with van der Waals surface area (Å²) in [4.78, 5) is 31.2. The quantitative estimate of drug-likeness (QED) is 0.386. The van der Waals surface area contributed by atoms with E-state index in [0.29, 0.717) is 0 Å². The molecule has 1 aliphatic rings. The van der Waals surface area contributed by atoms with Crippen molar-refractivity contribution in [3.8, 4) is 0 Å². The van der Waals surface area contributed by atoms with Crippen molar-refractivity contribution < 1.29 is 0 Å². The van der Waals surface area contributed by atoms with Gasteiger partial charge < -0.3 is 15.1 Å². The van der Waals surface area contributed by atoms with Gasteiger partial charge in [-0.2, -0.15) is 0 Å². The molecule has 0 aromatic carbocycles. The second-order valence-corrected chi connectivity index (χ2v) is 11.1. The Morgan fingerprint density at radius 2 is 1.65 bits per heavy atom. The van der Waals surface area contributed by atoms with Crippen LogP contribution < -0.4 is 20.7 Å². The molecule has 0 radical (unpaired) electrons. The number of aromatic nitrogens is 4. The minimum Gasteiger partial charge on any atom is -0.376 e. The Labute approximate surface area is 242 Å². The third kappa shape index (κ3) is 6.94. The molecule has 3 aromatic rings. The zero-order valence-electron chi connectivity index (χ0n) is 24.7. The minimum atomic E-state index is -0.0335. The predicted molar refractivity (Wildman–Crippen MR) is 167 cm³/mol. The number of piperazine rings is 1. The van der Waals surface area contributed by atoms with Gasteiger partial charge in [0.05, 0.1) is 23.8 Å². The highest BCUT2D eigenvalue weighted by Crippen LogP contribution is 2.29. The van der Waals surface area contributed by atoms with Crippen LogP contribution in [0.1, 0.15) is 48.1 Å². The number of pyridine rings is 1. The normalized spacial score (nSPS) is 14.1. The van der Waals surface area contributed by atoms with Crippen LogP contribution in [-0.2, 0) is 13.5 Å². The number of thioether (sulfide) groups is 1. The van der Waals surface area contributed by atoms with Gasteiger partial charge >= 0.3 is 0 Å². The van der Waals surface area contributed by atoms with Gasteiger partial charge in [0, 0.05) is 51.0 Å². The van der Waals surface area contributed by atoms with E-state index >= 15 is 0 Å². The zero-order chi connectivity index (χ0) is 28.8. The molecule has 212 valence electrons. The van der Waals surface area contributed by atoms with Crippen LogP contribution in [0.3, 0.4) is 0 Å². The third-order valence-electron chi connectivity index (χ3n) is 7.37. The highest BCUT2D eigenvalue weighted by atomic mass is 32.2. The number of nitrogens with zero attached hydrogens (tertiary/aromatic N) is 6. The van der Waals surface area contributed by atoms with Crippen molar-refractivity contribution in [3.05, 3.63) is 87.4 Å². The van der Waals surface area contributed by atoms with Gasteiger partial charge in [-0.15, -0.1) is 11.8 Å². The van der Waals surface area contributed by atoms with Gasteiger partial charge in [0.25, 0.3) is 5.56 Å². The van der Waals surface area contributed by atoms with Crippen LogP contribution in [0.25, 0.3) is 0 Å². The molecule has 4 rings (SSSR count). The van der Waals surface area contributed by atoms with Crippen molar-refractivity contribution in [1.29, 1.82) is 0 Å². The average Bonchev–Trinajstić information content (AvgIpc) is 2.96. The largest absolute Gasteiger partial charge is 0.376 e. The molecule has 3 aromatic heterocycles. The smallest absolute Gasteiger partial charge is 0.251 e. The SMILES string of the molecule is CCc1cc(N2CCN(c3cnc(C)nc3)CC2)n(C)c(=O)ccc(C)cc1[C@@H](C)Nc1ccc(C)nc1SC. The molecule has 1 fully saturated rings.